The number of hydrogen-bond acceptors (Lipinski definition) is 5. The number of nitrogens with zero attached hydrogens (tertiary/aromatic N) is 7. The van der Waals surface area contributed by atoms with Gasteiger partial charge in [-0.05, 0) is 36.1 Å². The van der Waals surface area contributed by atoms with Gasteiger partial charge >= 0.3 is 0 Å². The van der Waals surface area contributed by atoms with Gasteiger partial charge in [0, 0.05) is 67.8 Å². The maximum atomic E-state index is 4.92. The Morgan fingerprint density at radius 3 is 2.33 bits per heavy atom. The number of imidazole rings is 2. The average molecular weight is 512 g/mol. The van der Waals surface area contributed by atoms with Crippen LogP contribution in [0.1, 0.15) is 24.4 Å². The Bertz CT molecular complexity index is 1680. The van der Waals surface area contributed by atoms with Gasteiger partial charge in [-0.25, -0.2) is 15.0 Å². The molecule has 0 aliphatic carbocycles. The topological polar surface area (TPSA) is 64.1 Å². The second-order valence-corrected chi connectivity index (χ2v) is 10.1. The lowest BCUT2D eigenvalue weighted by atomic mass is 9.99. The van der Waals surface area contributed by atoms with E-state index in [-0.39, 0.29) is 0 Å². The Balaban J connectivity index is 1.04. The van der Waals surface area contributed by atoms with Crippen LogP contribution >= 0.6 is 0 Å². The zero-order chi connectivity index (χ0) is 26.0. The van der Waals surface area contributed by atoms with Crippen molar-refractivity contribution in [3.8, 4) is 33.8 Å². The fraction of sp³-hybridized carbons (Fsp3) is 0.188. The van der Waals surface area contributed by atoms with E-state index >= 15 is 0 Å². The molecule has 0 unspecified atom stereocenters. The zero-order valence-electron chi connectivity index (χ0n) is 21.6. The summed E-state index contributed by atoms with van der Waals surface area (Å²) < 4.78 is 4.25. The quantitative estimate of drug-likeness (QED) is 0.268. The van der Waals surface area contributed by atoms with Crippen molar-refractivity contribution in [1.82, 2.24) is 33.8 Å². The number of rotatable bonds is 6. The highest BCUT2D eigenvalue weighted by Gasteiger charge is 2.21. The van der Waals surface area contributed by atoms with Crippen molar-refractivity contribution in [3.05, 3.63) is 116 Å². The third kappa shape index (κ3) is 4.84. The van der Waals surface area contributed by atoms with Gasteiger partial charge in [-0.2, -0.15) is 0 Å². The van der Waals surface area contributed by atoms with Crippen molar-refractivity contribution < 1.29 is 0 Å². The first-order valence-electron chi connectivity index (χ1n) is 13.5. The van der Waals surface area contributed by atoms with Gasteiger partial charge in [0.05, 0.1) is 17.7 Å². The molecular formula is C32H29N7. The van der Waals surface area contributed by atoms with Gasteiger partial charge in [0.2, 0.25) is 5.78 Å². The molecule has 0 amide bonds. The summed E-state index contributed by atoms with van der Waals surface area (Å²) in [6.07, 6.45) is 14.0. The van der Waals surface area contributed by atoms with Crippen LogP contribution in [0.5, 0.6) is 0 Å². The van der Waals surface area contributed by atoms with Crippen LogP contribution in [0.2, 0.25) is 0 Å². The Hall–Kier alpha value is -4.62. The largest absolute Gasteiger partial charge is 0.334 e. The monoisotopic (exact) mass is 511 g/mol. The van der Waals surface area contributed by atoms with Gasteiger partial charge in [-0.1, -0.05) is 60.7 Å². The minimum Gasteiger partial charge on any atom is -0.334 e. The fourth-order valence-corrected chi connectivity index (χ4v) is 5.49. The molecule has 1 saturated heterocycles. The molecule has 192 valence electrons. The van der Waals surface area contributed by atoms with Crippen molar-refractivity contribution in [2.75, 3.05) is 13.1 Å². The van der Waals surface area contributed by atoms with Crippen LogP contribution in [0, 0.1) is 0 Å². The van der Waals surface area contributed by atoms with E-state index in [0.717, 1.165) is 66.2 Å². The lowest BCUT2D eigenvalue weighted by molar-refractivity contribution is 0.179. The van der Waals surface area contributed by atoms with E-state index in [1.165, 1.54) is 5.56 Å². The number of likely N-dealkylation sites (tertiary alicyclic amines) is 1. The van der Waals surface area contributed by atoms with Crippen LogP contribution in [-0.4, -0.2) is 46.9 Å². The minimum atomic E-state index is 0.480. The number of benzene rings is 2. The molecule has 6 aromatic rings. The summed E-state index contributed by atoms with van der Waals surface area (Å²) >= 11 is 0. The molecule has 7 heteroatoms. The second kappa shape index (κ2) is 10.3. The third-order valence-corrected chi connectivity index (χ3v) is 7.61. The lowest BCUT2D eigenvalue weighted by Gasteiger charge is -2.32. The predicted octanol–water partition coefficient (Wildman–Crippen LogP) is 6.16. The van der Waals surface area contributed by atoms with E-state index in [2.05, 4.69) is 85.3 Å². The van der Waals surface area contributed by atoms with E-state index in [1.54, 1.807) is 6.20 Å². The molecule has 5 heterocycles. The highest BCUT2D eigenvalue weighted by Crippen LogP contribution is 2.31. The molecule has 0 N–H and O–H groups in total. The van der Waals surface area contributed by atoms with Crippen LogP contribution in [0.25, 0.3) is 39.5 Å². The molecule has 4 aromatic heterocycles. The molecule has 0 atom stereocenters. The summed E-state index contributed by atoms with van der Waals surface area (Å²) in [5, 5.41) is 0. The Morgan fingerprint density at radius 2 is 1.54 bits per heavy atom. The molecule has 0 bridgehead atoms. The third-order valence-electron chi connectivity index (χ3n) is 7.61. The van der Waals surface area contributed by atoms with Crippen molar-refractivity contribution in [3.63, 3.8) is 0 Å². The molecular weight excluding hydrogens is 482 g/mol. The van der Waals surface area contributed by atoms with Gasteiger partial charge in [0.15, 0.2) is 0 Å². The summed E-state index contributed by atoms with van der Waals surface area (Å²) in [6, 6.07) is 25.7. The Kier molecular flexibility index (Phi) is 6.19. The summed E-state index contributed by atoms with van der Waals surface area (Å²) in [5.74, 6) is 0.710. The van der Waals surface area contributed by atoms with Crippen LogP contribution in [-0.2, 0) is 6.54 Å². The highest BCUT2D eigenvalue weighted by atomic mass is 15.2. The van der Waals surface area contributed by atoms with E-state index in [1.807, 2.05) is 47.4 Å². The van der Waals surface area contributed by atoms with E-state index in [4.69, 9.17) is 4.98 Å². The van der Waals surface area contributed by atoms with Crippen LogP contribution in [0.4, 0.5) is 0 Å². The van der Waals surface area contributed by atoms with Crippen molar-refractivity contribution in [2.45, 2.75) is 25.4 Å². The summed E-state index contributed by atoms with van der Waals surface area (Å²) in [7, 11) is 0. The van der Waals surface area contributed by atoms with E-state index in [9.17, 15) is 0 Å². The molecule has 0 radical (unpaired) electrons. The maximum absolute atomic E-state index is 4.92. The van der Waals surface area contributed by atoms with Gasteiger partial charge in [-0.15, -0.1) is 0 Å². The lowest BCUT2D eigenvalue weighted by Crippen LogP contribution is -2.33. The first-order valence-corrected chi connectivity index (χ1v) is 13.5. The molecule has 7 rings (SSSR count). The summed E-state index contributed by atoms with van der Waals surface area (Å²) in [5.41, 5.74) is 7.49. The standard InChI is InChI=1S/C32H29N7/c1-2-6-25(7-3-1)28-21-38-19-16-34-32(38)36-31(28)26-11-9-24(10-12-26)20-37-17-13-27(14-18-37)39-22-30(35-23-39)29-8-4-5-15-33-29/h1-12,15-16,19,21-23,27H,13-14,17-18,20H2. The number of pyridine rings is 1. The van der Waals surface area contributed by atoms with Crippen LogP contribution in [0.3, 0.4) is 0 Å². The molecule has 1 aliphatic heterocycles. The van der Waals surface area contributed by atoms with Crippen molar-refractivity contribution in [1.29, 1.82) is 0 Å². The Labute approximate surface area is 227 Å². The van der Waals surface area contributed by atoms with E-state index < -0.39 is 0 Å². The normalized spacial score (nSPS) is 14.7. The molecule has 1 fully saturated rings. The predicted molar refractivity (Wildman–Crippen MR) is 153 cm³/mol. The fourth-order valence-electron chi connectivity index (χ4n) is 5.49. The average Bonchev–Trinajstić information content (AvgIpc) is 3.68. The van der Waals surface area contributed by atoms with Gasteiger partial charge < -0.3 is 4.57 Å². The number of piperidine rings is 1. The van der Waals surface area contributed by atoms with Gasteiger partial charge in [0.25, 0.3) is 0 Å². The van der Waals surface area contributed by atoms with Crippen molar-refractivity contribution in [2.24, 2.45) is 0 Å². The van der Waals surface area contributed by atoms with Gasteiger partial charge in [0.1, 0.15) is 5.69 Å². The number of fused-ring (bicyclic) bond motifs is 1. The molecule has 2 aromatic carbocycles. The summed E-state index contributed by atoms with van der Waals surface area (Å²) in [4.78, 5) is 20.9. The van der Waals surface area contributed by atoms with Crippen LogP contribution in [0.15, 0.2) is 110 Å². The molecule has 0 spiro atoms. The van der Waals surface area contributed by atoms with E-state index in [0.29, 0.717) is 11.8 Å². The molecule has 7 nitrogen and oxygen atoms in total. The molecule has 1 aliphatic rings. The van der Waals surface area contributed by atoms with Gasteiger partial charge in [-0.3, -0.25) is 14.3 Å². The summed E-state index contributed by atoms with van der Waals surface area (Å²) in [6.45, 7) is 3.09. The zero-order valence-corrected chi connectivity index (χ0v) is 21.6. The smallest absolute Gasteiger partial charge is 0.234 e. The molecule has 39 heavy (non-hydrogen) atoms. The first-order chi connectivity index (χ1) is 19.3. The Morgan fingerprint density at radius 1 is 0.718 bits per heavy atom. The van der Waals surface area contributed by atoms with Crippen LogP contribution < -0.4 is 0 Å². The molecule has 0 saturated carbocycles. The SMILES string of the molecule is c1ccc(-c2cn3ccnc3nc2-c2ccc(CN3CCC(n4cnc(-c5ccccn5)c4)CC3)cc2)cc1. The second-order valence-electron chi connectivity index (χ2n) is 10.1. The maximum Gasteiger partial charge on any atom is 0.234 e. The number of hydrogen-bond donors (Lipinski definition) is 0. The minimum absolute atomic E-state index is 0.480. The highest BCUT2D eigenvalue weighted by molar-refractivity contribution is 5.81. The number of aromatic nitrogens is 6. The van der Waals surface area contributed by atoms with Crippen molar-refractivity contribution >= 4 is 5.78 Å². The first kappa shape index (κ1) is 23.5.